The molecule has 2 amide bonds. The molecule has 0 unspecified atom stereocenters. The Kier molecular flexibility index (Phi) is 6.49. The van der Waals surface area contributed by atoms with Gasteiger partial charge in [0.05, 0.1) is 19.3 Å². The first kappa shape index (κ1) is 20.8. The first-order valence-electron chi connectivity index (χ1n) is 9.46. The highest BCUT2D eigenvalue weighted by atomic mass is 35.5. The lowest BCUT2D eigenvalue weighted by atomic mass is 10.00. The Labute approximate surface area is 176 Å². The van der Waals surface area contributed by atoms with Gasteiger partial charge in [-0.1, -0.05) is 29.3 Å². The van der Waals surface area contributed by atoms with Gasteiger partial charge in [0, 0.05) is 23.5 Å². The maximum absolute atomic E-state index is 12.4. The maximum atomic E-state index is 12.4. The molecule has 0 atom stereocenters. The largest absolute Gasteiger partial charge is 0.495 e. The van der Waals surface area contributed by atoms with Gasteiger partial charge in [0.15, 0.2) is 0 Å². The molecule has 6 heteroatoms. The lowest BCUT2D eigenvalue weighted by Gasteiger charge is -2.16. The summed E-state index contributed by atoms with van der Waals surface area (Å²) < 4.78 is 7.42. The number of amides is 2. The summed E-state index contributed by atoms with van der Waals surface area (Å²) in [5.41, 5.74) is 6.69. The third kappa shape index (κ3) is 5.12. The normalized spacial score (nSPS) is 10.7. The van der Waals surface area contributed by atoms with Gasteiger partial charge in [-0.15, -0.1) is 0 Å². The molecule has 1 heterocycles. The summed E-state index contributed by atoms with van der Waals surface area (Å²) in [6, 6.07) is 13.2. The van der Waals surface area contributed by atoms with E-state index in [4.69, 9.17) is 16.3 Å². The van der Waals surface area contributed by atoms with Crippen molar-refractivity contribution < 1.29 is 9.53 Å². The molecular weight excluding hydrogens is 386 g/mol. The molecule has 3 aromatic rings. The molecule has 2 aromatic carbocycles. The summed E-state index contributed by atoms with van der Waals surface area (Å²) in [7, 11) is 1.55. The third-order valence-corrected chi connectivity index (χ3v) is 5.17. The van der Waals surface area contributed by atoms with Crippen LogP contribution in [0.15, 0.2) is 48.7 Å². The number of nitrogens with zero attached hydrogens (tertiary/aromatic N) is 1. The number of methoxy groups -OCH3 is 1. The Bertz CT molecular complexity index is 1000. The van der Waals surface area contributed by atoms with Crippen LogP contribution in [0.25, 0.3) is 0 Å². The fourth-order valence-corrected chi connectivity index (χ4v) is 3.68. The molecule has 0 saturated carbocycles. The number of halogens is 1. The number of aromatic nitrogens is 1. The number of aryl methyl sites for hydroxylation is 3. The second-order valence-corrected chi connectivity index (χ2v) is 7.59. The van der Waals surface area contributed by atoms with Crippen LogP contribution in [0.2, 0.25) is 5.02 Å². The average molecular weight is 412 g/mol. The number of carbonyl (C=O) groups excluding carboxylic acids is 1. The second-order valence-electron chi connectivity index (χ2n) is 7.16. The highest BCUT2D eigenvalue weighted by Crippen LogP contribution is 2.27. The topological polar surface area (TPSA) is 55.3 Å². The van der Waals surface area contributed by atoms with E-state index in [1.807, 2.05) is 18.3 Å². The van der Waals surface area contributed by atoms with Crippen molar-refractivity contribution in [3.05, 3.63) is 81.6 Å². The van der Waals surface area contributed by atoms with Crippen molar-refractivity contribution in [2.75, 3.05) is 12.4 Å². The molecule has 0 aliphatic carbocycles. The van der Waals surface area contributed by atoms with Crippen molar-refractivity contribution in [1.82, 2.24) is 9.88 Å². The zero-order valence-corrected chi connectivity index (χ0v) is 17.9. The summed E-state index contributed by atoms with van der Waals surface area (Å²) in [5, 5.41) is 6.22. The molecule has 0 saturated heterocycles. The number of ether oxygens (including phenoxy) is 1. The van der Waals surface area contributed by atoms with Crippen LogP contribution in [0.1, 0.15) is 27.9 Å². The minimum absolute atomic E-state index is 0.319. The van der Waals surface area contributed by atoms with Crippen molar-refractivity contribution in [1.29, 1.82) is 0 Å². The predicted octanol–water partition coefficient (Wildman–Crippen LogP) is 5.45. The predicted molar refractivity (Wildman–Crippen MR) is 118 cm³/mol. The van der Waals surface area contributed by atoms with E-state index in [9.17, 15) is 4.79 Å². The third-order valence-electron chi connectivity index (χ3n) is 4.93. The number of carbonyl (C=O) groups is 1. The summed E-state index contributed by atoms with van der Waals surface area (Å²) in [6.45, 7) is 7.57. The molecule has 0 radical (unpaired) electrons. The molecule has 152 valence electrons. The number of rotatable bonds is 6. The summed E-state index contributed by atoms with van der Waals surface area (Å²) in [5.74, 6) is 0.554. The van der Waals surface area contributed by atoms with E-state index in [1.165, 1.54) is 22.3 Å². The zero-order valence-electron chi connectivity index (χ0n) is 17.2. The molecule has 0 fully saturated rings. The van der Waals surface area contributed by atoms with Crippen molar-refractivity contribution >= 4 is 23.3 Å². The van der Waals surface area contributed by atoms with E-state index in [1.54, 1.807) is 25.3 Å². The van der Waals surface area contributed by atoms with Crippen molar-refractivity contribution in [2.24, 2.45) is 0 Å². The number of urea groups is 1. The minimum atomic E-state index is -0.319. The van der Waals surface area contributed by atoms with Gasteiger partial charge in [0.25, 0.3) is 0 Å². The molecule has 29 heavy (non-hydrogen) atoms. The molecule has 0 aliphatic rings. The summed E-state index contributed by atoms with van der Waals surface area (Å²) in [6.07, 6.45) is 2.04. The smallest absolute Gasteiger partial charge is 0.319 e. The van der Waals surface area contributed by atoms with Crippen molar-refractivity contribution in [2.45, 2.75) is 33.9 Å². The number of nitrogens with one attached hydrogen (secondary N) is 2. The number of benzene rings is 2. The van der Waals surface area contributed by atoms with E-state index in [-0.39, 0.29) is 6.03 Å². The van der Waals surface area contributed by atoms with Crippen LogP contribution in [0.4, 0.5) is 10.5 Å². The van der Waals surface area contributed by atoms with Crippen LogP contribution in [0, 0.1) is 20.8 Å². The highest BCUT2D eigenvalue weighted by molar-refractivity contribution is 6.31. The Morgan fingerprint density at radius 3 is 2.52 bits per heavy atom. The molecule has 3 rings (SSSR count). The lowest BCUT2D eigenvalue weighted by molar-refractivity contribution is 0.251. The zero-order chi connectivity index (χ0) is 21.0. The first-order chi connectivity index (χ1) is 13.9. The van der Waals surface area contributed by atoms with E-state index in [0.717, 1.165) is 12.2 Å². The number of hydrogen-bond donors (Lipinski definition) is 2. The molecular formula is C23H26ClN3O2. The van der Waals surface area contributed by atoms with E-state index in [0.29, 0.717) is 23.0 Å². The van der Waals surface area contributed by atoms with Crippen molar-refractivity contribution in [3.63, 3.8) is 0 Å². The second kappa shape index (κ2) is 9.05. The van der Waals surface area contributed by atoms with Gasteiger partial charge in [0.2, 0.25) is 0 Å². The molecule has 0 bridgehead atoms. The van der Waals surface area contributed by atoms with E-state index < -0.39 is 0 Å². The average Bonchev–Trinajstić information content (AvgIpc) is 3.10. The minimum Gasteiger partial charge on any atom is -0.495 e. The summed E-state index contributed by atoms with van der Waals surface area (Å²) in [4.78, 5) is 12.4. The van der Waals surface area contributed by atoms with Crippen LogP contribution in [-0.2, 0) is 13.1 Å². The Morgan fingerprint density at radius 2 is 1.83 bits per heavy atom. The SMILES string of the molecule is COc1ccc(Cl)cc1NC(=O)NCc1cccn1Cc1c(C)cc(C)cc1C. The molecule has 0 spiro atoms. The van der Waals surface area contributed by atoms with Gasteiger partial charge in [-0.3, -0.25) is 0 Å². The molecule has 2 N–H and O–H groups in total. The fourth-order valence-electron chi connectivity index (χ4n) is 3.51. The van der Waals surface area contributed by atoms with Gasteiger partial charge in [-0.25, -0.2) is 4.79 Å². The summed E-state index contributed by atoms with van der Waals surface area (Å²) >= 11 is 6.02. The van der Waals surface area contributed by atoms with Crippen LogP contribution in [0.5, 0.6) is 5.75 Å². The Balaban J connectivity index is 1.67. The van der Waals surface area contributed by atoms with Crippen molar-refractivity contribution in [3.8, 4) is 5.75 Å². The standard InChI is InChI=1S/C23H26ClN3O2/c1-15-10-16(2)20(17(3)11-15)14-27-9-5-6-19(27)13-25-23(28)26-21-12-18(24)7-8-22(21)29-4/h5-12H,13-14H2,1-4H3,(H2,25,26,28). The Hall–Kier alpha value is -2.92. The molecule has 0 aliphatic heterocycles. The van der Waals surface area contributed by atoms with Crippen LogP contribution in [-0.4, -0.2) is 17.7 Å². The van der Waals surface area contributed by atoms with Gasteiger partial charge in [-0.05, 0) is 67.8 Å². The number of anilines is 1. The molecule has 5 nitrogen and oxygen atoms in total. The lowest BCUT2D eigenvalue weighted by Crippen LogP contribution is -2.29. The monoisotopic (exact) mass is 411 g/mol. The molecule has 1 aromatic heterocycles. The van der Waals surface area contributed by atoms with E-state index >= 15 is 0 Å². The van der Waals surface area contributed by atoms with Gasteiger partial charge >= 0.3 is 6.03 Å². The maximum Gasteiger partial charge on any atom is 0.319 e. The van der Waals surface area contributed by atoms with Gasteiger partial charge in [0.1, 0.15) is 5.75 Å². The number of hydrogen-bond acceptors (Lipinski definition) is 2. The van der Waals surface area contributed by atoms with E-state index in [2.05, 4.69) is 48.1 Å². The quantitative estimate of drug-likeness (QED) is 0.567. The fraction of sp³-hybridized carbons (Fsp3) is 0.261. The first-order valence-corrected chi connectivity index (χ1v) is 9.84. The van der Waals surface area contributed by atoms with Crippen LogP contribution >= 0.6 is 11.6 Å². The van der Waals surface area contributed by atoms with Gasteiger partial charge < -0.3 is 19.9 Å². The Morgan fingerprint density at radius 1 is 1.10 bits per heavy atom. The highest BCUT2D eigenvalue weighted by Gasteiger charge is 2.11. The van der Waals surface area contributed by atoms with Gasteiger partial charge in [-0.2, -0.15) is 0 Å². The van der Waals surface area contributed by atoms with Crippen LogP contribution in [0.3, 0.4) is 0 Å². The van der Waals surface area contributed by atoms with Crippen LogP contribution < -0.4 is 15.4 Å².